The van der Waals surface area contributed by atoms with Gasteiger partial charge < -0.3 is 10.6 Å². The summed E-state index contributed by atoms with van der Waals surface area (Å²) in [5, 5.41) is 5.94. The van der Waals surface area contributed by atoms with Crippen LogP contribution in [-0.4, -0.2) is 25.5 Å². The van der Waals surface area contributed by atoms with E-state index in [0.29, 0.717) is 18.5 Å². The van der Waals surface area contributed by atoms with Crippen molar-refractivity contribution in [3.8, 4) is 0 Å². The lowest BCUT2D eigenvalue weighted by atomic mass is 10.00. The van der Waals surface area contributed by atoms with Gasteiger partial charge in [0.15, 0.2) is 0 Å². The third-order valence-electron chi connectivity index (χ3n) is 2.63. The van der Waals surface area contributed by atoms with Gasteiger partial charge in [-0.3, -0.25) is 4.79 Å². The Labute approximate surface area is 80.3 Å². The maximum Gasteiger partial charge on any atom is 0.233 e. The van der Waals surface area contributed by atoms with E-state index in [1.165, 1.54) is 12.8 Å². The number of carbonyl (C=O) groups excluding carboxylic acids is 1. The fourth-order valence-electron chi connectivity index (χ4n) is 1.70. The first-order valence-electron chi connectivity index (χ1n) is 5.09. The van der Waals surface area contributed by atoms with Crippen LogP contribution in [0.3, 0.4) is 0 Å². The van der Waals surface area contributed by atoms with Crippen LogP contribution < -0.4 is 10.6 Å². The highest BCUT2D eigenvalue weighted by Gasteiger charge is 2.32. The molecule has 0 heterocycles. The number of rotatable bonds is 5. The first kappa shape index (κ1) is 10.5. The van der Waals surface area contributed by atoms with E-state index in [1.54, 1.807) is 7.05 Å². The molecule has 1 saturated carbocycles. The van der Waals surface area contributed by atoms with E-state index in [1.807, 2.05) is 0 Å². The highest BCUT2D eigenvalue weighted by atomic mass is 16.1. The standard InChI is InChI=1S/C10H20N2O/c1-7(2)10(8-4-5-8)12-6-9(13)11-3/h7-8,10,12H,4-6H2,1-3H3,(H,11,13). The van der Waals surface area contributed by atoms with Crippen molar-refractivity contribution in [2.75, 3.05) is 13.6 Å². The fourth-order valence-corrected chi connectivity index (χ4v) is 1.70. The van der Waals surface area contributed by atoms with Gasteiger partial charge in [-0.1, -0.05) is 13.8 Å². The molecular weight excluding hydrogens is 164 g/mol. The maximum absolute atomic E-state index is 11.0. The van der Waals surface area contributed by atoms with Crippen molar-refractivity contribution < 1.29 is 4.79 Å². The van der Waals surface area contributed by atoms with Gasteiger partial charge in [0.1, 0.15) is 0 Å². The summed E-state index contributed by atoms with van der Waals surface area (Å²) in [4.78, 5) is 11.0. The molecule has 3 nitrogen and oxygen atoms in total. The number of carbonyl (C=O) groups is 1. The van der Waals surface area contributed by atoms with Crippen LogP contribution in [0.4, 0.5) is 0 Å². The Hall–Kier alpha value is -0.570. The summed E-state index contributed by atoms with van der Waals surface area (Å²) in [5.41, 5.74) is 0. The predicted octanol–water partition coefficient (Wildman–Crippen LogP) is 0.757. The highest BCUT2D eigenvalue weighted by Crippen LogP contribution is 2.35. The summed E-state index contributed by atoms with van der Waals surface area (Å²) in [6, 6.07) is 0.525. The van der Waals surface area contributed by atoms with Crippen molar-refractivity contribution in [1.82, 2.24) is 10.6 Å². The van der Waals surface area contributed by atoms with Crippen molar-refractivity contribution in [2.45, 2.75) is 32.7 Å². The number of likely N-dealkylation sites (N-methyl/N-ethyl adjacent to an activating group) is 1. The molecule has 3 heteroatoms. The first-order chi connectivity index (χ1) is 6.15. The van der Waals surface area contributed by atoms with Crippen LogP contribution in [-0.2, 0) is 4.79 Å². The van der Waals surface area contributed by atoms with Crippen molar-refractivity contribution >= 4 is 5.91 Å². The molecule has 13 heavy (non-hydrogen) atoms. The molecule has 0 aliphatic heterocycles. The molecular formula is C10H20N2O. The second-order valence-electron chi connectivity index (χ2n) is 4.16. The minimum absolute atomic E-state index is 0.0753. The van der Waals surface area contributed by atoms with Crippen LogP contribution in [0.2, 0.25) is 0 Å². The van der Waals surface area contributed by atoms with Crippen molar-refractivity contribution in [3.63, 3.8) is 0 Å². The lowest BCUT2D eigenvalue weighted by Crippen LogP contribution is -2.41. The molecule has 1 rings (SSSR count). The molecule has 1 amide bonds. The van der Waals surface area contributed by atoms with Gasteiger partial charge >= 0.3 is 0 Å². The van der Waals surface area contributed by atoms with Gasteiger partial charge in [0.05, 0.1) is 6.54 Å². The zero-order chi connectivity index (χ0) is 9.84. The van der Waals surface area contributed by atoms with E-state index in [0.717, 1.165) is 5.92 Å². The van der Waals surface area contributed by atoms with Gasteiger partial charge in [-0.15, -0.1) is 0 Å². The topological polar surface area (TPSA) is 41.1 Å². The van der Waals surface area contributed by atoms with E-state index in [2.05, 4.69) is 24.5 Å². The van der Waals surface area contributed by atoms with Crippen LogP contribution in [0.15, 0.2) is 0 Å². The lowest BCUT2D eigenvalue weighted by Gasteiger charge is -2.21. The predicted molar refractivity (Wildman–Crippen MR) is 53.4 cm³/mol. The van der Waals surface area contributed by atoms with E-state index >= 15 is 0 Å². The molecule has 0 aromatic rings. The fraction of sp³-hybridized carbons (Fsp3) is 0.900. The molecule has 1 atom stereocenters. The molecule has 1 fully saturated rings. The second-order valence-corrected chi connectivity index (χ2v) is 4.16. The molecule has 0 radical (unpaired) electrons. The third kappa shape index (κ3) is 3.35. The molecule has 1 unspecified atom stereocenters. The summed E-state index contributed by atoms with van der Waals surface area (Å²) >= 11 is 0. The molecule has 0 aromatic carbocycles. The number of hydrogen-bond acceptors (Lipinski definition) is 2. The summed E-state index contributed by atoms with van der Waals surface area (Å²) in [6.45, 7) is 4.87. The largest absolute Gasteiger partial charge is 0.358 e. The zero-order valence-corrected chi connectivity index (χ0v) is 8.76. The molecule has 1 aliphatic rings. The minimum Gasteiger partial charge on any atom is -0.358 e. The summed E-state index contributed by atoms with van der Waals surface area (Å²) in [5.74, 6) is 1.51. The van der Waals surface area contributed by atoms with Crippen molar-refractivity contribution in [1.29, 1.82) is 0 Å². The Morgan fingerprint density at radius 1 is 1.46 bits per heavy atom. The van der Waals surface area contributed by atoms with Gasteiger partial charge in [-0.2, -0.15) is 0 Å². The Morgan fingerprint density at radius 3 is 2.46 bits per heavy atom. The number of hydrogen-bond donors (Lipinski definition) is 2. The van der Waals surface area contributed by atoms with Gasteiger partial charge in [0.25, 0.3) is 0 Å². The quantitative estimate of drug-likeness (QED) is 0.662. The SMILES string of the molecule is CNC(=O)CNC(C(C)C)C1CC1. The maximum atomic E-state index is 11.0. The van der Waals surface area contributed by atoms with Crippen LogP contribution in [0.5, 0.6) is 0 Å². The number of amides is 1. The van der Waals surface area contributed by atoms with E-state index in [9.17, 15) is 4.79 Å². The molecule has 0 spiro atoms. The smallest absolute Gasteiger partial charge is 0.233 e. The minimum atomic E-state index is 0.0753. The second kappa shape index (κ2) is 4.61. The summed E-state index contributed by atoms with van der Waals surface area (Å²) < 4.78 is 0. The first-order valence-corrected chi connectivity index (χ1v) is 5.09. The Bertz CT molecular complexity index is 174. The Balaban J connectivity index is 2.26. The van der Waals surface area contributed by atoms with Crippen molar-refractivity contribution in [3.05, 3.63) is 0 Å². The van der Waals surface area contributed by atoms with E-state index in [-0.39, 0.29) is 5.91 Å². The third-order valence-corrected chi connectivity index (χ3v) is 2.63. The summed E-state index contributed by atoms with van der Waals surface area (Å²) in [7, 11) is 1.67. The lowest BCUT2D eigenvalue weighted by molar-refractivity contribution is -0.119. The molecule has 76 valence electrons. The van der Waals surface area contributed by atoms with Crippen molar-refractivity contribution in [2.24, 2.45) is 11.8 Å². The molecule has 0 saturated heterocycles. The molecule has 2 N–H and O–H groups in total. The monoisotopic (exact) mass is 184 g/mol. The van der Waals surface area contributed by atoms with Gasteiger partial charge in [-0.05, 0) is 24.7 Å². The van der Waals surface area contributed by atoms with Crippen LogP contribution in [0.25, 0.3) is 0 Å². The van der Waals surface area contributed by atoms with E-state index in [4.69, 9.17) is 0 Å². The van der Waals surface area contributed by atoms with Crippen LogP contribution in [0, 0.1) is 11.8 Å². The number of nitrogens with one attached hydrogen (secondary N) is 2. The molecule has 0 aromatic heterocycles. The van der Waals surface area contributed by atoms with Crippen LogP contribution >= 0.6 is 0 Å². The van der Waals surface area contributed by atoms with Gasteiger partial charge in [0, 0.05) is 13.1 Å². The average Bonchev–Trinajstić information content (AvgIpc) is 2.87. The average molecular weight is 184 g/mol. The zero-order valence-electron chi connectivity index (χ0n) is 8.76. The molecule has 1 aliphatic carbocycles. The van der Waals surface area contributed by atoms with E-state index < -0.39 is 0 Å². The Morgan fingerprint density at radius 2 is 2.08 bits per heavy atom. The van der Waals surface area contributed by atoms with Gasteiger partial charge in [-0.25, -0.2) is 0 Å². The molecule has 0 bridgehead atoms. The highest BCUT2D eigenvalue weighted by molar-refractivity contribution is 5.77. The normalized spacial score (nSPS) is 18.8. The van der Waals surface area contributed by atoms with Gasteiger partial charge in [0.2, 0.25) is 5.91 Å². The Kier molecular flexibility index (Phi) is 3.72. The van der Waals surface area contributed by atoms with Crippen LogP contribution in [0.1, 0.15) is 26.7 Å². The summed E-state index contributed by atoms with van der Waals surface area (Å²) in [6.07, 6.45) is 2.65.